The van der Waals surface area contributed by atoms with E-state index in [-0.39, 0.29) is 5.81 Å². The number of rotatable bonds is 3. The van der Waals surface area contributed by atoms with E-state index in [1.54, 1.807) is 7.28 Å². The number of carbonyl (C=O) groups excluding carboxylic acids is 1. The van der Waals surface area contributed by atoms with E-state index in [1.807, 2.05) is 60.7 Å². The van der Waals surface area contributed by atoms with Gasteiger partial charge in [0, 0.05) is 5.69 Å². The first-order valence-electron chi connectivity index (χ1n) is 5.10. The zero-order valence-electron chi connectivity index (χ0n) is 8.76. The van der Waals surface area contributed by atoms with Gasteiger partial charge in [0.05, 0.1) is 0 Å². The van der Waals surface area contributed by atoms with Crippen molar-refractivity contribution in [2.75, 3.05) is 5.32 Å². The Morgan fingerprint density at radius 1 is 0.875 bits per heavy atom. The summed E-state index contributed by atoms with van der Waals surface area (Å²) in [5, 5.41) is 2.80. The van der Waals surface area contributed by atoms with E-state index in [2.05, 4.69) is 5.32 Å². The van der Waals surface area contributed by atoms with E-state index in [9.17, 15) is 4.79 Å². The van der Waals surface area contributed by atoms with Gasteiger partial charge in [-0.3, -0.25) is 4.79 Å². The number of benzene rings is 2. The van der Waals surface area contributed by atoms with E-state index >= 15 is 0 Å². The summed E-state index contributed by atoms with van der Waals surface area (Å²) in [6.07, 6.45) is 0. The minimum Gasteiger partial charge on any atom is -0.335 e. The van der Waals surface area contributed by atoms with Gasteiger partial charge in [-0.25, -0.2) is 0 Å². The maximum absolute atomic E-state index is 11.6. The minimum absolute atomic E-state index is 0.114. The molecule has 0 unspecified atom stereocenters. The fourth-order valence-corrected chi connectivity index (χ4v) is 1.40. The van der Waals surface area contributed by atoms with Gasteiger partial charge in [-0.1, -0.05) is 54.0 Å². The highest BCUT2D eigenvalue weighted by atomic mass is 16.1. The largest absolute Gasteiger partial charge is 0.335 e. The number of amides is 1. The van der Waals surface area contributed by atoms with E-state index in [0.29, 0.717) is 0 Å². The molecule has 1 amide bonds. The maximum atomic E-state index is 11.6. The third-order valence-electron chi connectivity index (χ3n) is 2.14. The molecule has 1 radical (unpaired) electrons. The molecule has 0 spiro atoms. The molecule has 2 aromatic carbocycles. The van der Waals surface area contributed by atoms with Gasteiger partial charge in [0.25, 0.3) is 7.28 Å². The number of carbonyl (C=O) groups is 1. The SMILES string of the molecule is O=C([B]c1ccccc1)Nc1ccccc1. The number of anilines is 1. The summed E-state index contributed by atoms with van der Waals surface area (Å²) in [5.74, 6) is -0.114. The highest BCUT2D eigenvalue weighted by molar-refractivity contribution is 6.85. The molecule has 16 heavy (non-hydrogen) atoms. The number of hydrogen-bond donors (Lipinski definition) is 1. The first-order chi connectivity index (χ1) is 7.84. The molecule has 0 bridgehead atoms. The Morgan fingerprint density at radius 2 is 1.44 bits per heavy atom. The van der Waals surface area contributed by atoms with E-state index < -0.39 is 0 Å². The van der Waals surface area contributed by atoms with Gasteiger partial charge in [0.1, 0.15) is 0 Å². The van der Waals surface area contributed by atoms with Crippen molar-refractivity contribution in [3.63, 3.8) is 0 Å². The normalized spacial score (nSPS) is 9.50. The van der Waals surface area contributed by atoms with Crippen molar-refractivity contribution in [1.29, 1.82) is 0 Å². The van der Waals surface area contributed by atoms with Crippen molar-refractivity contribution < 1.29 is 4.79 Å². The average Bonchev–Trinajstić information content (AvgIpc) is 2.31. The topological polar surface area (TPSA) is 29.1 Å². The smallest absolute Gasteiger partial charge is 0.271 e. The van der Waals surface area contributed by atoms with Crippen molar-refractivity contribution in [3.8, 4) is 0 Å². The zero-order valence-corrected chi connectivity index (χ0v) is 8.76. The third-order valence-corrected chi connectivity index (χ3v) is 2.14. The average molecular weight is 208 g/mol. The van der Waals surface area contributed by atoms with Gasteiger partial charge in [-0.15, -0.1) is 0 Å². The molecule has 0 heterocycles. The molecule has 0 fully saturated rings. The second kappa shape index (κ2) is 5.17. The molecule has 2 rings (SSSR count). The quantitative estimate of drug-likeness (QED) is 0.770. The van der Waals surface area contributed by atoms with Gasteiger partial charge in [0.15, 0.2) is 5.81 Å². The molecule has 2 nitrogen and oxygen atoms in total. The fraction of sp³-hybridized carbons (Fsp3) is 0. The Bertz CT molecular complexity index is 412. The maximum Gasteiger partial charge on any atom is 0.271 e. The second-order valence-electron chi connectivity index (χ2n) is 3.41. The van der Waals surface area contributed by atoms with Crippen LogP contribution in [0, 0.1) is 0 Å². The van der Waals surface area contributed by atoms with Gasteiger partial charge in [-0.05, 0) is 12.1 Å². The van der Waals surface area contributed by atoms with Crippen molar-refractivity contribution >= 4 is 24.2 Å². The number of hydrogen-bond acceptors (Lipinski definition) is 1. The molecule has 0 aliphatic carbocycles. The minimum atomic E-state index is -0.114. The predicted molar refractivity (Wildman–Crippen MR) is 67.3 cm³/mol. The summed E-state index contributed by atoms with van der Waals surface area (Å²) in [5.41, 5.74) is 1.70. The second-order valence-corrected chi connectivity index (χ2v) is 3.41. The Hall–Kier alpha value is -2.03. The van der Waals surface area contributed by atoms with E-state index in [1.165, 1.54) is 0 Å². The molecule has 2 aromatic rings. The molecule has 1 N–H and O–H groups in total. The van der Waals surface area contributed by atoms with Crippen LogP contribution in [0.2, 0.25) is 0 Å². The van der Waals surface area contributed by atoms with Crippen LogP contribution in [0.3, 0.4) is 0 Å². The molecular formula is C13H11BNO. The van der Waals surface area contributed by atoms with Crippen LogP contribution in [0.1, 0.15) is 0 Å². The zero-order chi connectivity index (χ0) is 11.2. The summed E-state index contributed by atoms with van der Waals surface area (Å²) in [6, 6.07) is 18.9. The van der Waals surface area contributed by atoms with Crippen molar-refractivity contribution in [3.05, 3.63) is 60.7 Å². The van der Waals surface area contributed by atoms with Crippen LogP contribution in [0.5, 0.6) is 0 Å². The Morgan fingerprint density at radius 3 is 2.06 bits per heavy atom. The Balaban J connectivity index is 1.95. The summed E-state index contributed by atoms with van der Waals surface area (Å²) in [7, 11) is 1.58. The van der Waals surface area contributed by atoms with Crippen molar-refractivity contribution in [1.82, 2.24) is 0 Å². The predicted octanol–water partition coefficient (Wildman–Crippen LogP) is 2.25. The lowest BCUT2D eigenvalue weighted by molar-refractivity contribution is 0.268. The van der Waals surface area contributed by atoms with E-state index in [4.69, 9.17) is 0 Å². The number of para-hydroxylation sites is 1. The summed E-state index contributed by atoms with van der Waals surface area (Å²) < 4.78 is 0. The lowest BCUT2D eigenvalue weighted by Gasteiger charge is -2.03. The molecule has 0 saturated carbocycles. The number of nitrogens with one attached hydrogen (secondary N) is 1. The van der Waals surface area contributed by atoms with Crippen molar-refractivity contribution in [2.24, 2.45) is 0 Å². The highest BCUT2D eigenvalue weighted by Crippen LogP contribution is 2.04. The Labute approximate surface area is 95.6 Å². The van der Waals surface area contributed by atoms with Gasteiger partial charge in [-0.2, -0.15) is 0 Å². The Kier molecular flexibility index (Phi) is 3.39. The summed E-state index contributed by atoms with van der Waals surface area (Å²) in [6.45, 7) is 0. The lowest BCUT2D eigenvalue weighted by Crippen LogP contribution is -2.27. The van der Waals surface area contributed by atoms with Crippen LogP contribution in [-0.4, -0.2) is 13.1 Å². The first kappa shape index (κ1) is 10.5. The van der Waals surface area contributed by atoms with Crippen LogP contribution in [0.4, 0.5) is 10.5 Å². The molecule has 0 atom stereocenters. The summed E-state index contributed by atoms with van der Waals surface area (Å²) in [4.78, 5) is 11.6. The van der Waals surface area contributed by atoms with Gasteiger partial charge < -0.3 is 5.32 Å². The third kappa shape index (κ3) is 2.99. The van der Waals surface area contributed by atoms with Crippen LogP contribution in [-0.2, 0) is 0 Å². The van der Waals surface area contributed by atoms with E-state index in [0.717, 1.165) is 11.2 Å². The van der Waals surface area contributed by atoms with Crippen LogP contribution >= 0.6 is 0 Å². The van der Waals surface area contributed by atoms with Crippen LogP contribution < -0.4 is 10.8 Å². The first-order valence-corrected chi connectivity index (χ1v) is 5.10. The van der Waals surface area contributed by atoms with Crippen molar-refractivity contribution in [2.45, 2.75) is 0 Å². The molecule has 0 aliphatic rings. The van der Waals surface area contributed by atoms with Crippen LogP contribution in [0.25, 0.3) is 0 Å². The van der Waals surface area contributed by atoms with Crippen LogP contribution in [0.15, 0.2) is 60.7 Å². The summed E-state index contributed by atoms with van der Waals surface area (Å²) >= 11 is 0. The molecule has 3 heteroatoms. The standard InChI is InChI=1S/C13H11BNO/c16-13(14-11-7-3-1-4-8-11)15-12-9-5-2-6-10-12/h1-10H,(H,15,16). The van der Waals surface area contributed by atoms with Gasteiger partial charge >= 0.3 is 0 Å². The molecule has 0 aromatic heterocycles. The van der Waals surface area contributed by atoms with Gasteiger partial charge in [0.2, 0.25) is 0 Å². The molecule has 77 valence electrons. The molecule has 0 aliphatic heterocycles. The highest BCUT2D eigenvalue weighted by Gasteiger charge is 2.05. The molecular weight excluding hydrogens is 197 g/mol. The lowest BCUT2D eigenvalue weighted by atomic mass is 9.69. The fourth-order valence-electron chi connectivity index (χ4n) is 1.40. The molecule has 0 saturated heterocycles. The monoisotopic (exact) mass is 208 g/mol.